The van der Waals surface area contributed by atoms with Crippen LogP contribution in [0.15, 0.2) is 88.2 Å². The van der Waals surface area contributed by atoms with Gasteiger partial charge in [0, 0.05) is 11.1 Å². The van der Waals surface area contributed by atoms with Gasteiger partial charge in [0.1, 0.15) is 0 Å². The molecule has 3 aromatic carbocycles. The largest absolute Gasteiger partial charge is 0.282 e. The lowest BCUT2D eigenvalue weighted by atomic mass is 10.0. The minimum absolute atomic E-state index is 0.194. The first kappa shape index (κ1) is 17.1. The van der Waals surface area contributed by atoms with E-state index in [0.717, 1.165) is 22.3 Å². The van der Waals surface area contributed by atoms with E-state index in [4.69, 9.17) is 0 Å². The van der Waals surface area contributed by atoms with Gasteiger partial charge in [-0.3, -0.25) is 0 Å². The molecule has 0 aliphatic rings. The first-order chi connectivity index (χ1) is 12.0. The van der Waals surface area contributed by atoms with Crippen molar-refractivity contribution in [3.63, 3.8) is 0 Å². The summed E-state index contributed by atoms with van der Waals surface area (Å²) in [6.45, 7) is 3.89. The van der Waals surface area contributed by atoms with Gasteiger partial charge in [0.2, 0.25) is 0 Å². The Morgan fingerprint density at radius 1 is 0.720 bits per heavy atom. The van der Waals surface area contributed by atoms with Gasteiger partial charge in [-0.15, -0.1) is 0 Å². The lowest BCUT2D eigenvalue weighted by Gasteiger charge is -2.09. The molecule has 0 amide bonds. The van der Waals surface area contributed by atoms with Crippen LogP contribution in [-0.4, -0.2) is 14.1 Å². The molecule has 3 rings (SSSR count). The normalized spacial score (nSPS) is 12.2. The summed E-state index contributed by atoms with van der Waals surface area (Å²) in [7, 11) is -3.80. The molecule has 0 fully saturated rings. The van der Waals surface area contributed by atoms with Gasteiger partial charge in [-0.1, -0.05) is 71.8 Å². The van der Waals surface area contributed by atoms with Crippen LogP contribution in [0.2, 0.25) is 0 Å². The van der Waals surface area contributed by atoms with Crippen LogP contribution in [0.4, 0.5) is 0 Å². The second-order valence-corrected chi connectivity index (χ2v) is 7.57. The molecule has 3 nitrogen and oxygen atoms in total. The van der Waals surface area contributed by atoms with E-state index in [1.807, 2.05) is 68.4 Å². The molecule has 4 heteroatoms. The fourth-order valence-electron chi connectivity index (χ4n) is 2.54. The molecule has 0 aromatic heterocycles. The van der Waals surface area contributed by atoms with Crippen molar-refractivity contribution < 1.29 is 8.42 Å². The predicted octanol–water partition coefficient (Wildman–Crippen LogP) is 4.53. The summed E-state index contributed by atoms with van der Waals surface area (Å²) < 4.78 is 29.8. The van der Waals surface area contributed by atoms with Crippen molar-refractivity contribution >= 4 is 15.7 Å². The van der Waals surface area contributed by atoms with Gasteiger partial charge in [-0.05, 0) is 32.0 Å². The number of benzene rings is 3. The Morgan fingerprint density at radius 2 is 1.36 bits per heavy atom. The zero-order valence-corrected chi connectivity index (χ0v) is 15.0. The Kier molecular flexibility index (Phi) is 4.81. The van der Waals surface area contributed by atoms with Crippen molar-refractivity contribution in [3.05, 3.63) is 101 Å². The smallest absolute Gasteiger partial charge is 0.199 e. The van der Waals surface area contributed by atoms with Crippen LogP contribution in [0.25, 0.3) is 0 Å². The van der Waals surface area contributed by atoms with Crippen LogP contribution in [-0.2, 0) is 10.0 Å². The number of hydrogen-bond acceptors (Lipinski definition) is 2. The lowest BCUT2D eigenvalue weighted by molar-refractivity contribution is 0.598. The van der Waals surface area contributed by atoms with Gasteiger partial charge >= 0.3 is 0 Å². The van der Waals surface area contributed by atoms with Crippen molar-refractivity contribution in [2.75, 3.05) is 0 Å². The monoisotopic (exact) mass is 349 g/mol. The van der Waals surface area contributed by atoms with Crippen molar-refractivity contribution in [2.24, 2.45) is 4.40 Å². The quantitative estimate of drug-likeness (QED) is 0.650. The maximum absolute atomic E-state index is 12.8. The molecule has 0 aliphatic heterocycles. The van der Waals surface area contributed by atoms with Crippen LogP contribution in [0.5, 0.6) is 0 Å². The van der Waals surface area contributed by atoms with E-state index in [-0.39, 0.29) is 4.90 Å². The van der Waals surface area contributed by atoms with Gasteiger partial charge in [0.15, 0.2) is 0 Å². The third kappa shape index (κ3) is 4.03. The summed E-state index contributed by atoms with van der Waals surface area (Å²) in [5.74, 6) is 0. The van der Waals surface area contributed by atoms with Gasteiger partial charge in [0.05, 0.1) is 10.6 Å². The molecular weight excluding hydrogens is 330 g/mol. The van der Waals surface area contributed by atoms with E-state index in [9.17, 15) is 8.42 Å². The summed E-state index contributed by atoms with van der Waals surface area (Å²) in [6, 6.07) is 23.8. The number of hydrogen-bond donors (Lipinski definition) is 0. The number of nitrogens with zero attached hydrogens (tertiary/aromatic N) is 1. The average Bonchev–Trinajstić information content (AvgIpc) is 2.61. The first-order valence-corrected chi connectivity index (χ1v) is 9.44. The highest BCUT2D eigenvalue weighted by Gasteiger charge is 2.16. The fourth-order valence-corrected chi connectivity index (χ4v) is 3.58. The fraction of sp³-hybridized carbons (Fsp3) is 0.0952. The molecule has 0 saturated carbocycles. The SMILES string of the molecule is Cc1ccc(S(=O)(=O)/N=C(\c2ccccc2)c2cccc(C)c2)cc1. The van der Waals surface area contributed by atoms with Crippen LogP contribution < -0.4 is 0 Å². The molecule has 0 N–H and O–H groups in total. The minimum Gasteiger partial charge on any atom is -0.199 e. The Labute approximate surface area is 148 Å². The molecule has 0 saturated heterocycles. The predicted molar refractivity (Wildman–Crippen MR) is 102 cm³/mol. The van der Waals surface area contributed by atoms with Crippen LogP contribution in [0.1, 0.15) is 22.3 Å². The molecule has 0 heterocycles. The topological polar surface area (TPSA) is 46.5 Å². The molecule has 0 radical (unpaired) electrons. The van der Waals surface area contributed by atoms with Gasteiger partial charge in [-0.2, -0.15) is 12.8 Å². The van der Waals surface area contributed by atoms with E-state index < -0.39 is 10.0 Å². The van der Waals surface area contributed by atoms with Crippen LogP contribution in [0, 0.1) is 13.8 Å². The van der Waals surface area contributed by atoms with Crippen molar-refractivity contribution in [1.29, 1.82) is 0 Å². The Balaban J connectivity index is 2.17. The summed E-state index contributed by atoms with van der Waals surface area (Å²) in [6.07, 6.45) is 0. The van der Waals surface area contributed by atoms with Crippen LogP contribution in [0.3, 0.4) is 0 Å². The molecule has 0 aliphatic carbocycles. The Bertz CT molecular complexity index is 1010. The number of sulfonamides is 1. The zero-order valence-electron chi connectivity index (χ0n) is 14.2. The lowest BCUT2D eigenvalue weighted by Crippen LogP contribution is -2.08. The number of aryl methyl sites for hydroxylation is 2. The average molecular weight is 349 g/mol. The summed E-state index contributed by atoms with van der Waals surface area (Å²) in [4.78, 5) is 0.194. The summed E-state index contributed by atoms with van der Waals surface area (Å²) >= 11 is 0. The van der Waals surface area contributed by atoms with Crippen LogP contribution >= 0.6 is 0 Å². The second kappa shape index (κ2) is 7.03. The molecule has 3 aromatic rings. The third-order valence-electron chi connectivity index (χ3n) is 3.87. The second-order valence-electron chi connectivity index (χ2n) is 5.96. The van der Waals surface area contributed by atoms with E-state index in [1.54, 1.807) is 24.3 Å². The Morgan fingerprint density at radius 3 is 2.00 bits per heavy atom. The molecule has 126 valence electrons. The highest BCUT2D eigenvalue weighted by atomic mass is 32.2. The van der Waals surface area contributed by atoms with E-state index in [0.29, 0.717) is 5.71 Å². The van der Waals surface area contributed by atoms with E-state index in [2.05, 4.69) is 4.40 Å². The maximum Gasteiger partial charge on any atom is 0.282 e. The highest BCUT2D eigenvalue weighted by molar-refractivity contribution is 7.90. The standard InChI is InChI=1S/C21H19NO2S/c1-16-11-13-20(14-12-16)25(23,24)22-21(18-8-4-3-5-9-18)19-10-6-7-17(2)15-19/h3-15H,1-2H3/b22-21+. The van der Waals surface area contributed by atoms with Gasteiger partial charge < -0.3 is 0 Å². The Hall–Kier alpha value is -2.72. The molecular formula is C21H19NO2S. The van der Waals surface area contributed by atoms with Gasteiger partial charge in [-0.25, -0.2) is 0 Å². The van der Waals surface area contributed by atoms with Gasteiger partial charge in [0.25, 0.3) is 10.0 Å². The van der Waals surface area contributed by atoms with E-state index >= 15 is 0 Å². The summed E-state index contributed by atoms with van der Waals surface area (Å²) in [5.41, 5.74) is 4.05. The maximum atomic E-state index is 12.8. The highest BCUT2D eigenvalue weighted by Crippen LogP contribution is 2.19. The first-order valence-electron chi connectivity index (χ1n) is 8.00. The van der Waals surface area contributed by atoms with Crippen molar-refractivity contribution in [1.82, 2.24) is 0 Å². The van der Waals surface area contributed by atoms with E-state index in [1.165, 1.54) is 0 Å². The molecule has 0 spiro atoms. The molecule has 0 atom stereocenters. The minimum atomic E-state index is -3.80. The van der Waals surface area contributed by atoms with Crippen molar-refractivity contribution in [3.8, 4) is 0 Å². The van der Waals surface area contributed by atoms with Crippen molar-refractivity contribution in [2.45, 2.75) is 18.7 Å². The molecule has 0 unspecified atom stereocenters. The third-order valence-corrected chi connectivity index (χ3v) is 5.16. The molecule has 25 heavy (non-hydrogen) atoms. The molecule has 0 bridgehead atoms. The zero-order chi connectivity index (χ0) is 17.9. The summed E-state index contributed by atoms with van der Waals surface area (Å²) in [5, 5.41) is 0. The number of rotatable bonds is 4.